The number of carbonyl (C=O) groups excluding carboxylic acids is 1. The van der Waals surface area contributed by atoms with Crippen LogP contribution in [0.15, 0.2) is 83.8 Å². The summed E-state index contributed by atoms with van der Waals surface area (Å²) in [6.45, 7) is 2.00. The Bertz CT molecular complexity index is 936. The summed E-state index contributed by atoms with van der Waals surface area (Å²) in [6, 6.07) is 24.9. The molecular formula is C23H21ClO3S. The maximum absolute atomic E-state index is 12.0. The molecule has 2 atom stereocenters. The highest BCUT2D eigenvalue weighted by Crippen LogP contribution is 2.23. The molecule has 0 aromatic heterocycles. The molecule has 0 aliphatic heterocycles. The van der Waals surface area contributed by atoms with E-state index in [2.05, 4.69) is 0 Å². The van der Waals surface area contributed by atoms with E-state index in [1.54, 1.807) is 6.92 Å². The second-order valence-corrected chi connectivity index (χ2v) is 9.07. The highest BCUT2D eigenvalue weighted by atomic mass is 35.5. The molecule has 0 saturated heterocycles. The molecule has 0 radical (unpaired) electrons. The van der Waals surface area contributed by atoms with Crippen LogP contribution >= 0.6 is 11.6 Å². The fraction of sp³-hybridized carbons (Fsp3) is 0.174. The average Bonchev–Trinajstić information content (AvgIpc) is 2.73. The van der Waals surface area contributed by atoms with Crippen LogP contribution in [0.5, 0.6) is 0 Å². The third kappa shape index (κ3) is 5.54. The summed E-state index contributed by atoms with van der Waals surface area (Å²) in [5.41, 5.74) is 3.91. The van der Waals surface area contributed by atoms with Crippen LogP contribution in [0.1, 0.15) is 18.1 Å². The van der Waals surface area contributed by atoms with E-state index in [1.807, 2.05) is 78.9 Å². The van der Waals surface area contributed by atoms with Gasteiger partial charge in [-0.1, -0.05) is 66.7 Å². The Morgan fingerprint density at radius 1 is 0.893 bits per heavy atom. The first kappa shape index (κ1) is 20.3. The normalized spacial score (nSPS) is 12.9. The zero-order valence-corrected chi connectivity index (χ0v) is 17.1. The third-order valence-electron chi connectivity index (χ3n) is 4.26. The fourth-order valence-electron chi connectivity index (χ4n) is 2.74. The Morgan fingerprint density at radius 2 is 1.46 bits per heavy atom. The van der Waals surface area contributed by atoms with E-state index >= 15 is 0 Å². The third-order valence-corrected chi connectivity index (χ3v) is 6.07. The molecule has 0 aliphatic carbocycles. The van der Waals surface area contributed by atoms with E-state index in [9.17, 15) is 9.00 Å². The topological polar surface area (TPSA) is 43.4 Å². The van der Waals surface area contributed by atoms with E-state index in [1.165, 1.54) is 0 Å². The van der Waals surface area contributed by atoms with Gasteiger partial charge in [-0.25, -0.2) is 0 Å². The number of hydrogen-bond donors (Lipinski definition) is 0. The molecule has 0 amide bonds. The second-order valence-electron chi connectivity index (χ2n) is 6.38. The lowest BCUT2D eigenvalue weighted by Crippen LogP contribution is -2.07. The van der Waals surface area contributed by atoms with Crippen molar-refractivity contribution >= 4 is 28.4 Å². The molecule has 3 rings (SSSR count). The van der Waals surface area contributed by atoms with E-state index in [0.717, 1.165) is 22.3 Å². The van der Waals surface area contributed by atoms with Gasteiger partial charge in [-0.2, -0.15) is 0 Å². The largest absolute Gasteiger partial charge is 0.461 e. The molecule has 3 nitrogen and oxygen atoms in total. The molecule has 0 heterocycles. The SMILES string of the molecule is CC(Cl)S(=O)c1ccc(-c2ccc(CC(=O)OCc3ccccc3)cc2)cc1. The van der Waals surface area contributed by atoms with Crippen LogP contribution in [0, 0.1) is 0 Å². The summed E-state index contributed by atoms with van der Waals surface area (Å²) in [5.74, 6) is -0.251. The van der Waals surface area contributed by atoms with Gasteiger partial charge >= 0.3 is 5.97 Å². The van der Waals surface area contributed by atoms with Crippen molar-refractivity contribution in [3.8, 4) is 11.1 Å². The quantitative estimate of drug-likeness (QED) is 0.389. The van der Waals surface area contributed by atoms with Crippen molar-refractivity contribution in [1.29, 1.82) is 0 Å². The van der Waals surface area contributed by atoms with Crippen molar-refractivity contribution in [1.82, 2.24) is 0 Å². The van der Waals surface area contributed by atoms with Gasteiger partial charge in [0.15, 0.2) is 0 Å². The molecule has 5 heteroatoms. The van der Waals surface area contributed by atoms with Crippen molar-refractivity contribution in [3.05, 3.63) is 90.0 Å². The summed E-state index contributed by atoms with van der Waals surface area (Å²) >= 11 is 5.90. The van der Waals surface area contributed by atoms with Gasteiger partial charge in [-0.3, -0.25) is 9.00 Å². The van der Waals surface area contributed by atoms with Gasteiger partial charge in [0.2, 0.25) is 0 Å². The van der Waals surface area contributed by atoms with E-state index in [4.69, 9.17) is 16.3 Å². The molecule has 0 bridgehead atoms. The average molecular weight is 413 g/mol. The minimum Gasteiger partial charge on any atom is -0.461 e. The van der Waals surface area contributed by atoms with Crippen molar-refractivity contribution in [2.45, 2.75) is 29.6 Å². The molecule has 0 aliphatic rings. The minimum absolute atomic E-state index is 0.235. The lowest BCUT2D eigenvalue weighted by atomic mass is 10.0. The molecule has 0 N–H and O–H groups in total. The Kier molecular flexibility index (Phi) is 7.01. The number of halogens is 1. The van der Waals surface area contributed by atoms with Crippen LogP contribution in [0.4, 0.5) is 0 Å². The summed E-state index contributed by atoms with van der Waals surface area (Å²) in [5, 5.41) is 0. The first-order chi connectivity index (χ1) is 13.5. The van der Waals surface area contributed by atoms with Gasteiger partial charge in [0, 0.05) is 4.90 Å². The highest BCUT2D eigenvalue weighted by Gasteiger charge is 2.10. The summed E-state index contributed by atoms with van der Waals surface area (Å²) in [7, 11) is -1.21. The number of carbonyl (C=O) groups is 1. The van der Waals surface area contributed by atoms with Crippen molar-refractivity contribution in [2.75, 3.05) is 0 Å². The number of rotatable bonds is 7. The van der Waals surface area contributed by atoms with Crippen LogP contribution in [-0.4, -0.2) is 14.9 Å². The van der Waals surface area contributed by atoms with Crippen LogP contribution in [0.2, 0.25) is 0 Å². The standard InChI is InChI=1S/C23H21ClO3S/c1-17(24)28(26)22-13-11-21(12-14-22)20-9-7-18(8-10-20)15-23(25)27-16-19-5-3-2-4-6-19/h2-14,17H,15-16H2,1H3. The van der Waals surface area contributed by atoms with Crippen LogP contribution in [0.25, 0.3) is 11.1 Å². The summed E-state index contributed by atoms with van der Waals surface area (Å²) < 4.78 is 16.9. The van der Waals surface area contributed by atoms with Gasteiger partial charge in [-0.05, 0) is 41.3 Å². The lowest BCUT2D eigenvalue weighted by Gasteiger charge is -2.08. The number of ether oxygens (including phenoxy) is 1. The first-order valence-electron chi connectivity index (χ1n) is 8.96. The van der Waals surface area contributed by atoms with Crippen molar-refractivity contribution < 1.29 is 13.7 Å². The van der Waals surface area contributed by atoms with Gasteiger partial charge < -0.3 is 4.74 Å². The maximum atomic E-state index is 12.0. The number of benzene rings is 3. The molecule has 28 heavy (non-hydrogen) atoms. The van der Waals surface area contributed by atoms with E-state index in [-0.39, 0.29) is 19.0 Å². The number of esters is 1. The van der Waals surface area contributed by atoms with Crippen molar-refractivity contribution in [2.24, 2.45) is 0 Å². The molecule has 0 saturated carbocycles. The summed E-state index contributed by atoms with van der Waals surface area (Å²) in [4.78, 5) is 12.7. The Balaban J connectivity index is 1.58. The van der Waals surface area contributed by atoms with Gasteiger partial charge in [0.05, 0.1) is 17.2 Å². The van der Waals surface area contributed by atoms with Crippen molar-refractivity contribution in [3.63, 3.8) is 0 Å². The predicted octanol–water partition coefficient (Wildman–Crippen LogP) is 5.33. The predicted molar refractivity (Wildman–Crippen MR) is 114 cm³/mol. The minimum atomic E-state index is -1.21. The zero-order chi connectivity index (χ0) is 19.9. The Hall–Kier alpha value is -2.43. The Labute approximate surface area is 172 Å². The number of alkyl halides is 1. The molecule has 144 valence electrons. The van der Waals surface area contributed by atoms with Gasteiger partial charge in [0.1, 0.15) is 11.3 Å². The molecule has 3 aromatic rings. The van der Waals surface area contributed by atoms with Crippen LogP contribution in [0.3, 0.4) is 0 Å². The molecule has 2 unspecified atom stereocenters. The highest BCUT2D eigenvalue weighted by molar-refractivity contribution is 7.87. The monoisotopic (exact) mass is 412 g/mol. The van der Waals surface area contributed by atoms with Gasteiger partial charge in [0.25, 0.3) is 0 Å². The van der Waals surface area contributed by atoms with Crippen LogP contribution < -0.4 is 0 Å². The Morgan fingerprint density at radius 3 is 2.04 bits per heavy atom. The summed E-state index contributed by atoms with van der Waals surface area (Å²) in [6.07, 6.45) is 0.235. The second kappa shape index (κ2) is 9.67. The fourth-order valence-corrected chi connectivity index (χ4v) is 3.83. The molecule has 0 spiro atoms. The number of hydrogen-bond acceptors (Lipinski definition) is 3. The molecule has 3 aromatic carbocycles. The lowest BCUT2D eigenvalue weighted by molar-refractivity contribution is -0.144. The maximum Gasteiger partial charge on any atom is 0.310 e. The molecule has 0 fully saturated rings. The van der Waals surface area contributed by atoms with E-state index < -0.39 is 15.5 Å². The van der Waals surface area contributed by atoms with E-state index in [0.29, 0.717) is 4.90 Å². The van der Waals surface area contributed by atoms with Crippen LogP contribution in [-0.2, 0) is 33.4 Å². The molecular weight excluding hydrogens is 392 g/mol. The first-order valence-corrected chi connectivity index (χ1v) is 10.6. The zero-order valence-electron chi connectivity index (χ0n) is 15.5. The van der Waals surface area contributed by atoms with Gasteiger partial charge in [-0.15, -0.1) is 11.6 Å². The smallest absolute Gasteiger partial charge is 0.310 e.